The molecular formula is C16H22O5S. The molecule has 122 valence electrons. The molecule has 0 spiro atoms. The molecule has 0 radical (unpaired) electrons. The van der Waals surface area contributed by atoms with Gasteiger partial charge in [-0.05, 0) is 31.4 Å². The number of aryl methyl sites for hydroxylation is 1. The molecule has 0 fully saturated rings. The molecule has 5 nitrogen and oxygen atoms in total. The molecule has 0 saturated heterocycles. The second kappa shape index (κ2) is 7.54. The summed E-state index contributed by atoms with van der Waals surface area (Å²) in [7, 11) is -3.73. The normalized spacial score (nSPS) is 13.0. The highest BCUT2D eigenvalue weighted by molar-refractivity contribution is 7.92. The molecule has 0 bridgehead atoms. The van der Waals surface area contributed by atoms with Gasteiger partial charge in [-0.1, -0.05) is 31.5 Å². The van der Waals surface area contributed by atoms with Gasteiger partial charge in [-0.15, -0.1) is 0 Å². The molecule has 0 N–H and O–H groups in total. The molecule has 0 aromatic heterocycles. The largest absolute Gasteiger partial charge is 0.454 e. The van der Waals surface area contributed by atoms with E-state index in [1.807, 2.05) is 20.8 Å². The Morgan fingerprint density at radius 3 is 2.14 bits per heavy atom. The fraction of sp³-hybridized carbons (Fsp3) is 0.500. The highest BCUT2D eigenvalue weighted by Gasteiger charge is 2.28. The molecule has 0 heterocycles. The first kappa shape index (κ1) is 18.4. The zero-order valence-corrected chi connectivity index (χ0v) is 14.1. The SMILES string of the molecule is CC(=O)OC(CC(C)C)C(=O)CS(=O)(=O)c1ccc(C)cc1. The Kier molecular flexibility index (Phi) is 6.29. The molecule has 0 aliphatic carbocycles. The van der Waals surface area contributed by atoms with Gasteiger partial charge >= 0.3 is 5.97 Å². The van der Waals surface area contributed by atoms with Crippen molar-refractivity contribution in [3.63, 3.8) is 0 Å². The van der Waals surface area contributed by atoms with Crippen molar-refractivity contribution in [1.29, 1.82) is 0 Å². The minimum absolute atomic E-state index is 0.0950. The third-order valence-electron chi connectivity index (χ3n) is 3.07. The molecule has 6 heteroatoms. The van der Waals surface area contributed by atoms with Crippen LogP contribution in [0, 0.1) is 12.8 Å². The average molecular weight is 326 g/mol. The van der Waals surface area contributed by atoms with Crippen LogP contribution in [0.3, 0.4) is 0 Å². The van der Waals surface area contributed by atoms with E-state index in [9.17, 15) is 18.0 Å². The van der Waals surface area contributed by atoms with Crippen LogP contribution >= 0.6 is 0 Å². The van der Waals surface area contributed by atoms with Crippen LogP contribution in [0.15, 0.2) is 29.2 Å². The van der Waals surface area contributed by atoms with E-state index in [1.165, 1.54) is 19.1 Å². The van der Waals surface area contributed by atoms with Crippen molar-refractivity contribution >= 4 is 21.6 Å². The van der Waals surface area contributed by atoms with Crippen molar-refractivity contribution in [2.24, 2.45) is 5.92 Å². The summed E-state index contributed by atoms with van der Waals surface area (Å²) in [4.78, 5) is 23.4. The Bertz CT molecular complexity index is 629. The van der Waals surface area contributed by atoms with Gasteiger partial charge in [0.15, 0.2) is 21.7 Å². The Hall–Kier alpha value is -1.69. The molecule has 0 aliphatic rings. The van der Waals surface area contributed by atoms with Crippen LogP contribution in [0.4, 0.5) is 0 Å². The molecule has 0 amide bonds. The maximum absolute atomic E-state index is 12.3. The second-order valence-corrected chi connectivity index (χ2v) is 7.76. The summed E-state index contributed by atoms with van der Waals surface area (Å²) in [6, 6.07) is 6.30. The van der Waals surface area contributed by atoms with Crippen LogP contribution in [-0.2, 0) is 24.2 Å². The van der Waals surface area contributed by atoms with Crippen molar-refractivity contribution in [2.75, 3.05) is 5.75 Å². The summed E-state index contributed by atoms with van der Waals surface area (Å²) in [6.45, 7) is 6.80. The van der Waals surface area contributed by atoms with E-state index in [-0.39, 0.29) is 10.8 Å². The number of hydrogen-bond donors (Lipinski definition) is 0. The minimum atomic E-state index is -3.73. The number of esters is 1. The van der Waals surface area contributed by atoms with Gasteiger partial charge in [0.1, 0.15) is 5.75 Å². The smallest absolute Gasteiger partial charge is 0.303 e. The number of ketones is 1. The van der Waals surface area contributed by atoms with Gasteiger partial charge in [-0.2, -0.15) is 0 Å². The van der Waals surface area contributed by atoms with E-state index in [2.05, 4.69) is 0 Å². The lowest BCUT2D eigenvalue weighted by molar-refractivity contribution is -0.153. The molecule has 22 heavy (non-hydrogen) atoms. The summed E-state index contributed by atoms with van der Waals surface area (Å²) in [5, 5.41) is 0. The number of carbonyl (C=O) groups is 2. The number of benzene rings is 1. The highest BCUT2D eigenvalue weighted by Crippen LogP contribution is 2.16. The molecule has 0 saturated carbocycles. The quantitative estimate of drug-likeness (QED) is 0.719. The Morgan fingerprint density at radius 2 is 1.68 bits per heavy atom. The zero-order chi connectivity index (χ0) is 16.9. The van der Waals surface area contributed by atoms with Gasteiger partial charge < -0.3 is 4.74 Å². The van der Waals surface area contributed by atoms with Crippen LogP contribution in [0.1, 0.15) is 32.8 Å². The van der Waals surface area contributed by atoms with E-state index in [0.717, 1.165) is 5.56 Å². The maximum Gasteiger partial charge on any atom is 0.303 e. The third kappa shape index (κ3) is 5.60. The predicted molar refractivity (Wildman–Crippen MR) is 83.2 cm³/mol. The molecule has 1 unspecified atom stereocenters. The molecule has 0 aliphatic heterocycles. The number of rotatable bonds is 7. The number of sulfone groups is 1. The monoisotopic (exact) mass is 326 g/mol. The highest BCUT2D eigenvalue weighted by atomic mass is 32.2. The summed E-state index contributed by atoms with van der Waals surface area (Å²) in [5.41, 5.74) is 0.933. The number of hydrogen-bond acceptors (Lipinski definition) is 5. The lowest BCUT2D eigenvalue weighted by atomic mass is 10.0. The molecule has 1 atom stereocenters. The Morgan fingerprint density at radius 1 is 1.14 bits per heavy atom. The van der Waals surface area contributed by atoms with Crippen LogP contribution in [0.25, 0.3) is 0 Å². The lowest BCUT2D eigenvalue weighted by Gasteiger charge is -2.17. The first-order valence-electron chi connectivity index (χ1n) is 7.11. The molecule has 1 aromatic rings. The maximum atomic E-state index is 12.3. The fourth-order valence-electron chi connectivity index (χ4n) is 1.98. The molecule has 1 rings (SSSR count). The first-order chi connectivity index (χ1) is 10.1. The van der Waals surface area contributed by atoms with Crippen LogP contribution in [0.2, 0.25) is 0 Å². The van der Waals surface area contributed by atoms with Gasteiger partial charge in [0.2, 0.25) is 0 Å². The van der Waals surface area contributed by atoms with E-state index >= 15 is 0 Å². The fourth-order valence-corrected chi connectivity index (χ4v) is 3.26. The number of Topliss-reactive ketones (excluding diaryl/α,β-unsaturated/α-hetero) is 1. The van der Waals surface area contributed by atoms with Gasteiger partial charge in [0.05, 0.1) is 4.90 Å². The van der Waals surface area contributed by atoms with Gasteiger partial charge in [-0.25, -0.2) is 8.42 Å². The molecule has 1 aromatic carbocycles. The molecular weight excluding hydrogens is 304 g/mol. The van der Waals surface area contributed by atoms with Crippen LogP contribution in [0.5, 0.6) is 0 Å². The summed E-state index contributed by atoms with van der Waals surface area (Å²) in [5.74, 6) is -1.74. The van der Waals surface area contributed by atoms with Gasteiger partial charge in [-0.3, -0.25) is 9.59 Å². The van der Waals surface area contributed by atoms with Crippen molar-refractivity contribution in [3.8, 4) is 0 Å². The van der Waals surface area contributed by atoms with Crippen molar-refractivity contribution in [3.05, 3.63) is 29.8 Å². The van der Waals surface area contributed by atoms with Crippen molar-refractivity contribution in [2.45, 2.75) is 45.1 Å². The first-order valence-corrected chi connectivity index (χ1v) is 8.76. The van der Waals surface area contributed by atoms with E-state index in [0.29, 0.717) is 6.42 Å². The van der Waals surface area contributed by atoms with Crippen molar-refractivity contribution in [1.82, 2.24) is 0 Å². The summed E-state index contributed by atoms with van der Waals surface area (Å²) >= 11 is 0. The summed E-state index contributed by atoms with van der Waals surface area (Å²) < 4.78 is 29.5. The minimum Gasteiger partial charge on any atom is -0.454 e. The van der Waals surface area contributed by atoms with Gasteiger partial charge in [0, 0.05) is 6.92 Å². The average Bonchev–Trinajstić information content (AvgIpc) is 2.36. The van der Waals surface area contributed by atoms with Gasteiger partial charge in [0.25, 0.3) is 0 Å². The van der Waals surface area contributed by atoms with Crippen LogP contribution < -0.4 is 0 Å². The second-order valence-electron chi connectivity index (χ2n) is 5.77. The van der Waals surface area contributed by atoms with Crippen LogP contribution in [-0.4, -0.2) is 32.0 Å². The number of carbonyl (C=O) groups excluding carboxylic acids is 2. The van der Waals surface area contributed by atoms with Crippen molar-refractivity contribution < 1.29 is 22.7 Å². The zero-order valence-electron chi connectivity index (χ0n) is 13.3. The van der Waals surface area contributed by atoms with E-state index in [1.54, 1.807) is 12.1 Å². The van der Waals surface area contributed by atoms with E-state index < -0.39 is 33.4 Å². The topological polar surface area (TPSA) is 77.5 Å². The standard InChI is InChI=1S/C16H22O5S/c1-11(2)9-16(21-13(4)17)15(18)10-22(19,20)14-7-5-12(3)6-8-14/h5-8,11,16H,9-10H2,1-4H3. The third-order valence-corrected chi connectivity index (χ3v) is 4.72. The Labute approximate surface area is 131 Å². The Balaban J connectivity index is 2.91. The lowest BCUT2D eigenvalue weighted by Crippen LogP contribution is -2.33. The predicted octanol–water partition coefficient (Wildman–Crippen LogP) is 2.32. The van der Waals surface area contributed by atoms with E-state index in [4.69, 9.17) is 4.74 Å². The summed E-state index contributed by atoms with van der Waals surface area (Å²) in [6.07, 6.45) is -0.709. The number of ether oxygens (including phenoxy) is 1.